The summed E-state index contributed by atoms with van der Waals surface area (Å²) >= 11 is 1.34. The number of methoxy groups -OCH3 is 1. The summed E-state index contributed by atoms with van der Waals surface area (Å²) in [6.45, 7) is 5.17. The fourth-order valence-corrected chi connectivity index (χ4v) is 5.61. The number of sulfone groups is 1. The third-order valence-corrected chi connectivity index (χ3v) is 8.88. The van der Waals surface area contributed by atoms with Crippen molar-refractivity contribution in [3.8, 4) is 26.7 Å². The Morgan fingerprint density at radius 1 is 0.972 bits per heavy atom. The predicted molar refractivity (Wildman–Crippen MR) is 135 cm³/mol. The third-order valence-electron chi connectivity index (χ3n) is 5.99. The van der Waals surface area contributed by atoms with Gasteiger partial charge < -0.3 is 4.74 Å². The fourth-order valence-electron chi connectivity index (χ4n) is 3.68. The third kappa shape index (κ3) is 4.98. The standard InChI is InChI=1S/C26H25F3N2O3S2/c1-5-36(32,33)18-10-8-9-17(15-18)22-13-14-23(35-22)21-16-24(25(2,3)34-4)30-31(21)20-12-7-6-11-19(20)26(27,28)29/h6-16H,5H2,1-4H3. The molecule has 2 aromatic carbocycles. The van der Waals surface area contributed by atoms with Crippen molar-refractivity contribution in [3.63, 3.8) is 0 Å². The number of hydrogen-bond donors (Lipinski definition) is 0. The zero-order valence-corrected chi connectivity index (χ0v) is 21.8. The maximum atomic E-state index is 13.9. The fraction of sp³-hybridized carbons (Fsp3) is 0.269. The van der Waals surface area contributed by atoms with E-state index in [0.29, 0.717) is 21.8 Å². The summed E-state index contributed by atoms with van der Waals surface area (Å²) in [5, 5.41) is 4.53. The van der Waals surface area contributed by atoms with E-state index in [1.54, 1.807) is 57.2 Å². The van der Waals surface area contributed by atoms with Crippen molar-refractivity contribution in [2.75, 3.05) is 12.9 Å². The molecular formula is C26H25F3N2O3S2. The molecule has 2 aromatic heterocycles. The zero-order chi connectivity index (χ0) is 26.3. The van der Waals surface area contributed by atoms with E-state index in [-0.39, 0.29) is 16.3 Å². The Kier molecular flexibility index (Phi) is 6.89. The van der Waals surface area contributed by atoms with Crippen molar-refractivity contribution >= 4 is 21.2 Å². The number of benzene rings is 2. The van der Waals surface area contributed by atoms with Gasteiger partial charge in [0.25, 0.3) is 0 Å². The first-order valence-electron chi connectivity index (χ1n) is 11.1. The number of ether oxygens (including phenoxy) is 1. The molecule has 0 aliphatic rings. The van der Waals surface area contributed by atoms with Gasteiger partial charge >= 0.3 is 6.18 Å². The second-order valence-corrected chi connectivity index (χ2v) is 12.0. The Morgan fingerprint density at radius 3 is 2.33 bits per heavy atom. The lowest BCUT2D eigenvalue weighted by Gasteiger charge is -2.20. The van der Waals surface area contributed by atoms with E-state index in [1.807, 2.05) is 6.07 Å². The molecule has 0 amide bonds. The van der Waals surface area contributed by atoms with Crippen LogP contribution in [-0.2, 0) is 26.4 Å². The molecule has 190 valence electrons. The maximum Gasteiger partial charge on any atom is 0.418 e. The van der Waals surface area contributed by atoms with Crippen molar-refractivity contribution in [2.24, 2.45) is 0 Å². The molecule has 0 aliphatic heterocycles. The smallest absolute Gasteiger partial charge is 0.372 e. The SMILES string of the molecule is CCS(=O)(=O)c1cccc(-c2ccc(-c3cc(C(C)(C)OC)nn3-c3ccccc3C(F)(F)F)s2)c1. The first-order chi connectivity index (χ1) is 16.9. The van der Waals surface area contributed by atoms with Crippen molar-refractivity contribution in [1.82, 2.24) is 9.78 Å². The van der Waals surface area contributed by atoms with Crippen molar-refractivity contribution in [1.29, 1.82) is 0 Å². The van der Waals surface area contributed by atoms with Gasteiger partial charge in [-0.15, -0.1) is 11.3 Å². The molecule has 0 bridgehead atoms. The molecule has 4 rings (SSSR count). The van der Waals surface area contributed by atoms with Gasteiger partial charge in [-0.05, 0) is 61.9 Å². The number of alkyl halides is 3. The average molecular weight is 535 g/mol. The molecule has 0 radical (unpaired) electrons. The van der Waals surface area contributed by atoms with Crippen molar-refractivity contribution in [3.05, 3.63) is 78.0 Å². The average Bonchev–Trinajstić information content (AvgIpc) is 3.51. The topological polar surface area (TPSA) is 61.2 Å². The lowest BCUT2D eigenvalue weighted by molar-refractivity contribution is -0.137. The summed E-state index contributed by atoms with van der Waals surface area (Å²) in [6, 6.07) is 17.3. The Balaban J connectivity index is 1.88. The number of para-hydroxylation sites is 1. The Labute approximate surface area is 212 Å². The van der Waals surface area contributed by atoms with Crippen LogP contribution in [0.1, 0.15) is 32.0 Å². The van der Waals surface area contributed by atoms with E-state index in [4.69, 9.17) is 4.74 Å². The second kappa shape index (κ2) is 9.49. The van der Waals surface area contributed by atoms with Gasteiger partial charge in [-0.3, -0.25) is 0 Å². The highest BCUT2D eigenvalue weighted by Gasteiger charge is 2.35. The largest absolute Gasteiger partial charge is 0.418 e. The number of hydrogen-bond acceptors (Lipinski definition) is 5. The molecule has 10 heteroatoms. The van der Waals surface area contributed by atoms with Crippen LogP contribution in [0.3, 0.4) is 0 Å². The second-order valence-electron chi connectivity index (χ2n) is 8.65. The van der Waals surface area contributed by atoms with Crippen molar-refractivity contribution in [2.45, 2.75) is 37.4 Å². The van der Waals surface area contributed by atoms with Gasteiger partial charge in [0.15, 0.2) is 9.84 Å². The highest BCUT2D eigenvalue weighted by Crippen LogP contribution is 2.40. The molecule has 0 saturated heterocycles. The molecule has 5 nitrogen and oxygen atoms in total. The van der Waals surface area contributed by atoms with Crippen LogP contribution in [0.5, 0.6) is 0 Å². The van der Waals surface area contributed by atoms with Crippen LogP contribution in [0.4, 0.5) is 13.2 Å². The summed E-state index contributed by atoms with van der Waals surface area (Å²) in [6.07, 6.45) is -4.57. The van der Waals surface area contributed by atoms with Gasteiger partial charge in [-0.1, -0.05) is 31.2 Å². The first kappa shape index (κ1) is 26.1. The molecule has 0 N–H and O–H groups in total. The van der Waals surface area contributed by atoms with Gasteiger partial charge in [0.1, 0.15) is 5.60 Å². The molecule has 0 unspecified atom stereocenters. The van der Waals surface area contributed by atoms with Gasteiger partial charge in [0.2, 0.25) is 0 Å². The monoisotopic (exact) mass is 534 g/mol. The molecule has 2 heterocycles. The van der Waals surface area contributed by atoms with Gasteiger partial charge in [0, 0.05) is 12.0 Å². The van der Waals surface area contributed by atoms with E-state index in [9.17, 15) is 21.6 Å². The minimum absolute atomic E-state index is 0.0119. The number of thiophene rings is 1. The van der Waals surface area contributed by atoms with Crippen LogP contribution in [0.15, 0.2) is 71.6 Å². The quantitative estimate of drug-likeness (QED) is 0.257. The van der Waals surface area contributed by atoms with E-state index in [2.05, 4.69) is 5.10 Å². The van der Waals surface area contributed by atoms with Crippen LogP contribution in [0.25, 0.3) is 26.7 Å². The summed E-state index contributed by atoms with van der Waals surface area (Å²) in [5.41, 5.74) is -0.0753. The van der Waals surface area contributed by atoms with Gasteiger partial charge in [-0.2, -0.15) is 18.3 Å². The zero-order valence-electron chi connectivity index (χ0n) is 20.1. The first-order valence-corrected chi connectivity index (χ1v) is 13.6. The summed E-state index contributed by atoms with van der Waals surface area (Å²) in [4.78, 5) is 1.68. The lowest BCUT2D eigenvalue weighted by Crippen LogP contribution is -2.20. The van der Waals surface area contributed by atoms with E-state index in [0.717, 1.165) is 10.9 Å². The normalized spacial score (nSPS) is 12.8. The van der Waals surface area contributed by atoms with Gasteiger partial charge in [0.05, 0.1) is 38.2 Å². The minimum atomic E-state index is -4.57. The molecule has 4 aromatic rings. The predicted octanol–water partition coefficient (Wildman–Crippen LogP) is 6.96. The highest BCUT2D eigenvalue weighted by atomic mass is 32.2. The molecule has 0 saturated carbocycles. The number of aromatic nitrogens is 2. The van der Waals surface area contributed by atoms with Crippen LogP contribution < -0.4 is 0 Å². The molecule has 0 atom stereocenters. The minimum Gasteiger partial charge on any atom is -0.372 e. The van der Waals surface area contributed by atoms with E-state index in [1.165, 1.54) is 41.3 Å². The van der Waals surface area contributed by atoms with E-state index < -0.39 is 27.2 Å². The summed E-state index contributed by atoms with van der Waals surface area (Å²) in [7, 11) is -1.86. The number of nitrogens with zero attached hydrogens (tertiary/aromatic N) is 2. The lowest BCUT2D eigenvalue weighted by atomic mass is 10.1. The Morgan fingerprint density at radius 2 is 1.67 bits per heavy atom. The maximum absolute atomic E-state index is 13.9. The number of halogens is 3. The summed E-state index contributed by atoms with van der Waals surface area (Å²) < 4.78 is 73.1. The van der Waals surface area contributed by atoms with E-state index >= 15 is 0 Å². The highest BCUT2D eigenvalue weighted by molar-refractivity contribution is 7.91. The summed E-state index contributed by atoms with van der Waals surface area (Å²) in [5.74, 6) is -0.0119. The molecule has 0 aliphatic carbocycles. The van der Waals surface area contributed by atoms with Crippen LogP contribution in [-0.4, -0.2) is 31.1 Å². The van der Waals surface area contributed by atoms with Gasteiger partial charge in [-0.25, -0.2) is 13.1 Å². The van der Waals surface area contributed by atoms with Crippen LogP contribution >= 0.6 is 11.3 Å². The van der Waals surface area contributed by atoms with Crippen LogP contribution in [0, 0.1) is 0 Å². The Hall–Kier alpha value is -2.95. The molecule has 0 spiro atoms. The molecule has 0 fully saturated rings. The van der Waals surface area contributed by atoms with Crippen molar-refractivity contribution < 1.29 is 26.3 Å². The molecular weight excluding hydrogens is 509 g/mol. The Bertz CT molecular complexity index is 1500. The van der Waals surface area contributed by atoms with Crippen LogP contribution in [0.2, 0.25) is 0 Å². The number of rotatable bonds is 7. The molecule has 36 heavy (non-hydrogen) atoms.